The van der Waals surface area contributed by atoms with Crippen LogP contribution in [0.4, 0.5) is 4.39 Å². The average Bonchev–Trinajstić information content (AvgIpc) is 2.54. The van der Waals surface area contributed by atoms with Crippen LogP contribution in [0.3, 0.4) is 0 Å². The number of rotatable bonds is 6. The number of ether oxygens (including phenoxy) is 1. The first kappa shape index (κ1) is 20.9. The maximum absolute atomic E-state index is 13.4. The number of carbonyl (C=O) groups excluding carboxylic acids is 1. The van der Waals surface area contributed by atoms with E-state index in [2.05, 4.69) is 10.6 Å². The standard InChI is InChI=1S/C18H27FN2O2.ClH/c1-17(2,14-5-4-6-15(19)11-14)16(22)21-12-18(13-23-3)7-9-20-10-8-18;/h4-6,11,20H,7-10,12-13H2,1-3H3,(H,21,22);1H. The van der Waals surface area contributed by atoms with Crippen LogP contribution in [-0.4, -0.2) is 39.3 Å². The molecule has 1 amide bonds. The molecule has 136 valence electrons. The largest absolute Gasteiger partial charge is 0.384 e. The lowest BCUT2D eigenvalue weighted by molar-refractivity contribution is -0.126. The van der Waals surface area contributed by atoms with E-state index in [-0.39, 0.29) is 29.5 Å². The maximum atomic E-state index is 13.4. The van der Waals surface area contributed by atoms with Crippen molar-refractivity contribution in [1.29, 1.82) is 0 Å². The molecule has 2 N–H and O–H groups in total. The Morgan fingerprint density at radius 2 is 2.04 bits per heavy atom. The molecule has 1 aromatic carbocycles. The van der Waals surface area contributed by atoms with Crippen LogP contribution in [0.25, 0.3) is 0 Å². The van der Waals surface area contributed by atoms with Gasteiger partial charge in [0.05, 0.1) is 12.0 Å². The summed E-state index contributed by atoms with van der Waals surface area (Å²) in [6.45, 7) is 6.74. The van der Waals surface area contributed by atoms with Crippen molar-refractivity contribution in [2.45, 2.75) is 32.1 Å². The molecule has 4 nitrogen and oxygen atoms in total. The minimum Gasteiger partial charge on any atom is -0.384 e. The van der Waals surface area contributed by atoms with Crippen molar-refractivity contribution in [3.63, 3.8) is 0 Å². The van der Waals surface area contributed by atoms with E-state index in [0.717, 1.165) is 25.9 Å². The summed E-state index contributed by atoms with van der Waals surface area (Å²) in [4.78, 5) is 12.7. The summed E-state index contributed by atoms with van der Waals surface area (Å²) in [5, 5.41) is 6.41. The first-order valence-corrected chi connectivity index (χ1v) is 8.14. The molecule has 0 unspecified atom stereocenters. The van der Waals surface area contributed by atoms with Gasteiger partial charge in [-0.2, -0.15) is 0 Å². The van der Waals surface area contributed by atoms with E-state index in [1.54, 1.807) is 19.2 Å². The summed E-state index contributed by atoms with van der Waals surface area (Å²) >= 11 is 0. The Kier molecular flexibility index (Phi) is 7.64. The van der Waals surface area contributed by atoms with Crippen molar-refractivity contribution < 1.29 is 13.9 Å². The number of piperidine rings is 1. The van der Waals surface area contributed by atoms with E-state index in [1.807, 2.05) is 13.8 Å². The van der Waals surface area contributed by atoms with Gasteiger partial charge in [0.25, 0.3) is 0 Å². The van der Waals surface area contributed by atoms with Crippen LogP contribution in [0.5, 0.6) is 0 Å². The van der Waals surface area contributed by atoms with Gasteiger partial charge >= 0.3 is 0 Å². The van der Waals surface area contributed by atoms with Crippen molar-refractivity contribution in [2.75, 3.05) is 33.4 Å². The second-order valence-corrected chi connectivity index (χ2v) is 7.00. The number of hydrogen-bond donors (Lipinski definition) is 2. The minimum absolute atomic E-state index is 0. The fraction of sp³-hybridized carbons (Fsp3) is 0.611. The zero-order valence-electron chi connectivity index (χ0n) is 14.7. The maximum Gasteiger partial charge on any atom is 0.230 e. The molecule has 0 atom stereocenters. The molecule has 0 radical (unpaired) electrons. The molecule has 1 aliphatic heterocycles. The summed E-state index contributed by atoms with van der Waals surface area (Å²) in [6.07, 6.45) is 1.95. The molecule has 0 spiro atoms. The highest BCUT2D eigenvalue weighted by Crippen LogP contribution is 2.29. The molecular formula is C18H28ClFN2O2. The van der Waals surface area contributed by atoms with Gasteiger partial charge in [0.15, 0.2) is 0 Å². The number of halogens is 2. The molecule has 1 aliphatic rings. The van der Waals surface area contributed by atoms with Gasteiger partial charge in [0.1, 0.15) is 5.82 Å². The van der Waals surface area contributed by atoms with Crippen molar-refractivity contribution in [2.24, 2.45) is 5.41 Å². The number of nitrogens with one attached hydrogen (secondary N) is 2. The monoisotopic (exact) mass is 358 g/mol. The summed E-state index contributed by atoms with van der Waals surface area (Å²) in [7, 11) is 1.70. The van der Waals surface area contributed by atoms with Crippen LogP contribution in [0.2, 0.25) is 0 Å². The van der Waals surface area contributed by atoms with Gasteiger partial charge in [0, 0.05) is 19.1 Å². The molecular weight excluding hydrogens is 331 g/mol. The van der Waals surface area contributed by atoms with Gasteiger partial charge in [-0.15, -0.1) is 12.4 Å². The topological polar surface area (TPSA) is 50.4 Å². The lowest BCUT2D eigenvalue weighted by Gasteiger charge is -2.38. The number of carbonyl (C=O) groups is 1. The Bertz CT molecular complexity index is 540. The molecule has 1 saturated heterocycles. The lowest BCUT2D eigenvalue weighted by Crippen LogP contribution is -2.50. The first-order chi connectivity index (χ1) is 10.9. The Hall–Kier alpha value is -1.17. The van der Waals surface area contributed by atoms with E-state index >= 15 is 0 Å². The lowest BCUT2D eigenvalue weighted by atomic mass is 9.78. The highest BCUT2D eigenvalue weighted by Gasteiger charge is 2.35. The van der Waals surface area contributed by atoms with Crippen molar-refractivity contribution in [3.05, 3.63) is 35.6 Å². The smallest absolute Gasteiger partial charge is 0.230 e. The number of hydrogen-bond acceptors (Lipinski definition) is 3. The van der Waals surface area contributed by atoms with Gasteiger partial charge in [-0.05, 0) is 57.5 Å². The molecule has 1 aromatic rings. The predicted molar refractivity (Wildman–Crippen MR) is 96.1 cm³/mol. The first-order valence-electron chi connectivity index (χ1n) is 8.14. The quantitative estimate of drug-likeness (QED) is 0.822. The summed E-state index contributed by atoms with van der Waals surface area (Å²) in [5.41, 5.74) is -0.113. The summed E-state index contributed by atoms with van der Waals surface area (Å²) < 4.78 is 18.8. The van der Waals surface area contributed by atoms with E-state index in [0.29, 0.717) is 18.7 Å². The molecule has 0 aromatic heterocycles. The zero-order valence-corrected chi connectivity index (χ0v) is 15.5. The molecule has 6 heteroatoms. The van der Waals surface area contributed by atoms with Crippen LogP contribution >= 0.6 is 12.4 Å². The zero-order chi connectivity index (χ0) is 16.9. The van der Waals surface area contributed by atoms with E-state index in [1.165, 1.54) is 12.1 Å². The van der Waals surface area contributed by atoms with Crippen LogP contribution < -0.4 is 10.6 Å². The highest BCUT2D eigenvalue weighted by atomic mass is 35.5. The Morgan fingerprint density at radius 3 is 2.62 bits per heavy atom. The SMILES string of the molecule is COCC1(CNC(=O)C(C)(C)c2cccc(F)c2)CCNCC1.Cl. The van der Waals surface area contributed by atoms with Crippen molar-refractivity contribution in [3.8, 4) is 0 Å². The predicted octanol–water partition coefficient (Wildman–Crippen LogP) is 2.66. The molecule has 1 heterocycles. The Morgan fingerprint density at radius 1 is 1.38 bits per heavy atom. The molecule has 2 rings (SSSR count). The molecule has 0 saturated carbocycles. The third-order valence-electron chi connectivity index (χ3n) is 4.85. The molecule has 0 bridgehead atoms. The van der Waals surface area contributed by atoms with E-state index in [9.17, 15) is 9.18 Å². The molecule has 0 aliphatic carbocycles. The van der Waals surface area contributed by atoms with E-state index in [4.69, 9.17) is 4.74 Å². The van der Waals surface area contributed by atoms with Crippen LogP contribution in [-0.2, 0) is 14.9 Å². The van der Waals surface area contributed by atoms with Gasteiger partial charge in [-0.25, -0.2) is 4.39 Å². The van der Waals surface area contributed by atoms with Gasteiger partial charge < -0.3 is 15.4 Å². The van der Waals surface area contributed by atoms with Gasteiger partial charge in [-0.1, -0.05) is 12.1 Å². The second-order valence-electron chi connectivity index (χ2n) is 7.00. The Balaban J connectivity index is 0.00000288. The van der Waals surface area contributed by atoms with Crippen LogP contribution in [0.15, 0.2) is 24.3 Å². The van der Waals surface area contributed by atoms with E-state index < -0.39 is 5.41 Å². The third kappa shape index (κ3) is 4.91. The average molecular weight is 359 g/mol. The number of methoxy groups -OCH3 is 1. The van der Waals surface area contributed by atoms with Crippen LogP contribution in [0, 0.1) is 11.2 Å². The highest BCUT2D eigenvalue weighted by molar-refractivity contribution is 5.87. The normalized spacial score (nSPS) is 17.0. The Labute approximate surface area is 149 Å². The van der Waals surface area contributed by atoms with Crippen molar-refractivity contribution in [1.82, 2.24) is 10.6 Å². The molecule has 24 heavy (non-hydrogen) atoms. The fourth-order valence-corrected chi connectivity index (χ4v) is 3.13. The number of benzene rings is 1. The fourth-order valence-electron chi connectivity index (χ4n) is 3.13. The van der Waals surface area contributed by atoms with Gasteiger partial charge in [0.2, 0.25) is 5.91 Å². The minimum atomic E-state index is -0.775. The van der Waals surface area contributed by atoms with Gasteiger partial charge in [-0.3, -0.25) is 4.79 Å². The van der Waals surface area contributed by atoms with Crippen molar-refractivity contribution >= 4 is 18.3 Å². The third-order valence-corrected chi connectivity index (χ3v) is 4.85. The molecule has 1 fully saturated rings. The number of amides is 1. The summed E-state index contributed by atoms with van der Waals surface area (Å²) in [5.74, 6) is -0.408. The second kappa shape index (κ2) is 8.79. The summed E-state index contributed by atoms with van der Waals surface area (Å²) in [6, 6.07) is 6.24. The van der Waals surface area contributed by atoms with Crippen LogP contribution in [0.1, 0.15) is 32.3 Å².